The topological polar surface area (TPSA) is 96.0 Å². The molecule has 0 aliphatic carbocycles. The SMILES string of the molecule is Cc1ccc(/C=C(\C#N)C(=O)Nc2cccc([N+](=O)[O-])c2)s1. The number of nitro benzene ring substituents is 1. The second-order valence-electron chi connectivity index (χ2n) is 4.38. The van der Waals surface area contributed by atoms with Gasteiger partial charge in [-0.05, 0) is 31.2 Å². The largest absolute Gasteiger partial charge is 0.321 e. The number of carbonyl (C=O) groups is 1. The van der Waals surface area contributed by atoms with Crippen molar-refractivity contribution in [3.05, 3.63) is 61.8 Å². The number of non-ortho nitro benzene ring substituents is 1. The van der Waals surface area contributed by atoms with Gasteiger partial charge in [-0.1, -0.05) is 6.07 Å². The Kier molecular flexibility index (Phi) is 4.66. The molecule has 0 atom stereocenters. The molecule has 1 aromatic carbocycles. The first-order valence-corrected chi connectivity index (χ1v) is 7.05. The van der Waals surface area contributed by atoms with E-state index >= 15 is 0 Å². The van der Waals surface area contributed by atoms with Crippen molar-refractivity contribution < 1.29 is 9.72 Å². The molecule has 0 spiro atoms. The van der Waals surface area contributed by atoms with Crippen LogP contribution >= 0.6 is 11.3 Å². The summed E-state index contributed by atoms with van der Waals surface area (Å²) in [6.45, 7) is 1.93. The molecule has 1 heterocycles. The molecule has 6 nitrogen and oxygen atoms in total. The van der Waals surface area contributed by atoms with Gasteiger partial charge in [-0.25, -0.2) is 0 Å². The summed E-state index contributed by atoms with van der Waals surface area (Å²) in [7, 11) is 0. The van der Waals surface area contributed by atoms with E-state index in [2.05, 4.69) is 5.32 Å². The van der Waals surface area contributed by atoms with Crippen LogP contribution < -0.4 is 5.32 Å². The summed E-state index contributed by atoms with van der Waals surface area (Å²) in [6.07, 6.45) is 1.49. The van der Waals surface area contributed by atoms with Crippen molar-refractivity contribution in [2.24, 2.45) is 0 Å². The highest BCUT2D eigenvalue weighted by Crippen LogP contribution is 2.20. The maximum atomic E-state index is 12.1. The number of hydrogen-bond acceptors (Lipinski definition) is 5. The van der Waals surface area contributed by atoms with E-state index in [4.69, 9.17) is 5.26 Å². The van der Waals surface area contributed by atoms with Crippen LogP contribution in [0.15, 0.2) is 42.0 Å². The van der Waals surface area contributed by atoms with E-state index in [1.807, 2.05) is 25.1 Å². The van der Waals surface area contributed by atoms with Gasteiger partial charge in [0.25, 0.3) is 11.6 Å². The number of amides is 1. The van der Waals surface area contributed by atoms with Gasteiger partial charge in [0.1, 0.15) is 11.6 Å². The maximum absolute atomic E-state index is 12.1. The molecule has 7 heteroatoms. The fourth-order valence-corrected chi connectivity index (χ4v) is 2.54. The predicted molar refractivity (Wildman–Crippen MR) is 84.4 cm³/mol. The molecule has 0 saturated carbocycles. The number of nitro groups is 1. The molecule has 0 fully saturated rings. The first kappa shape index (κ1) is 15.4. The second-order valence-corrected chi connectivity index (χ2v) is 5.70. The standard InChI is InChI=1S/C15H11N3O3S/c1-10-5-6-14(22-10)7-11(9-16)15(19)17-12-3-2-4-13(8-12)18(20)21/h2-8H,1H3,(H,17,19)/b11-7+. The van der Waals surface area contributed by atoms with Gasteiger partial charge in [-0.15, -0.1) is 11.3 Å². The molecule has 1 amide bonds. The van der Waals surface area contributed by atoms with Gasteiger partial charge in [-0.3, -0.25) is 14.9 Å². The van der Waals surface area contributed by atoms with Gasteiger partial charge in [0, 0.05) is 27.6 Å². The van der Waals surface area contributed by atoms with Crippen molar-refractivity contribution in [2.45, 2.75) is 6.92 Å². The molecule has 22 heavy (non-hydrogen) atoms. The van der Waals surface area contributed by atoms with Gasteiger partial charge >= 0.3 is 0 Å². The fraction of sp³-hybridized carbons (Fsp3) is 0.0667. The molecule has 2 rings (SSSR count). The number of aryl methyl sites for hydroxylation is 1. The molecule has 0 unspecified atom stereocenters. The van der Waals surface area contributed by atoms with Crippen LogP contribution in [-0.4, -0.2) is 10.8 Å². The van der Waals surface area contributed by atoms with Crippen LogP contribution in [0.1, 0.15) is 9.75 Å². The van der Waals surface area contributed by atoms with Crippen molar-refractivity contribution >= 4 is 34.7 Å². The normalized spacial score (nSPS) is 10.8. The van der Waals surface area contributed by atoms with Gasteiger partial charge in [0.15, 0.2) is 0 Å². The van der Waals surface area contributed by atoms with E-state index in [-0.39, 0.29) is 16.9 Å². The Balaban J connectivity index is 2.20. The number of rotatable bonds is 4. The number of nitrogens with one attached hydrogen (secondary N) is 1. The summed E-state index contributed by atoms with van der Waals surface area (Å²) in [5.74, 6) is -0.603. The maximum Gasteiger partial charge on any atom is 0.271 e. The minimum atomic E-state index is -0.603. The van der Waals surface area contributed by atoms with E-state index in [1.165, 1.54) is 41.7 Å². The van der Waals surface area contributed by atoms with Crippen molar-refractivity contribution in [1.29, 1.82) is 5.26 Å². The molecular formula is C15H11N3O3S. The monoisotopic (exact) mass is 313 g/mol. The van der Waals surface area contributed by atoms with Gasteiger partial charge in [0.2, 0.25) is 0 Å². The lowest BCUT2D eigenvalue weighted by molar-refractivity contribution is -0.384. The minimum absolute atomic E-state index is 0.0617. The van der Waals surface area contributed by atoms with Crippen LogP contribution in [0.25, 0.3) is 6.08 Å². The van der Waals surface area contributed by atoms with Crippen molar-refractivity contribution in [3.63, 3.8) is 0 Å². The first-order chi connectivity index (χ1) is 10.5. The molecule has 0 saturated heterocycles. The number of hydrogen-bond donors (Lipinski definition) is 1. The summed E-state index contributed by atoms with van der Waals surface area (Å²) in [5, 5.41) is 22.3. The lowest BCUT2D eigenvalue weighted by Crippen LogP contribution is -2.13. The zero-order valence-electron chi connectivity index (χ0n) is 11.6. The molecular weight excluding hydrogens is 302 g/mol. The molecule has 0 aliphatic heterocycles. The number of anilines is 1. The van der Waals surface area contributed by atoms with E-state index < -0.39 is 10.8 Å². The molecule has 0 bridgehead atoms. The Morgan fingerprint density at radius 2 is 2.18 bits per heavy atom. The quantitative estimate of drug-likeness (QED) is 0.404. The third-order valence-corrected chi connectivity index (χ3v) is 3.68. The zero-order chi connectivity index (χ0) is 16.1. The molecule has 0 aliphatic rings. The van der Waals surface area contributed by atoms with E-state index in [1.54, 1.807) is 0 Å². The van der Waals surface area contributed by atoms with Crippen LogP contribution in [0.5, 0.6) is 0 Å². The Morgan fingerprint density at radius 3 is 2.77 bits per heavy atom. The van der Waals surface area contributed by atoms with E-state index in [0.717, 1.165) is 9.75 Å². The Hall–Kier alpha value is -2.98. The smallest absolute Gasteiger partial charge is 0.271 e. The zero-order valence-corrected chi connectivity index (χ0v) is 12.4. The molecule has 2 aromatic rings. The average Bonchev–Trinajstić information content (AvgIpc) is 2.90. The fourth-order valence-electron chi connectivity index (χ4n) is 1.72. The molecule has 110 valence electrons. The summed E-state index contributed by atoms with van der Waals surface area (Å²) in [4.78, 5) is 24.1. The van der Waals surface area contributed by atoms with E-state index in [9.17, 15) is 14.9 Å². The van der Waals surface area contributed by atoms with Crippen molar-refractivity contribution in [2.75, 3.05) is 5.32 Å². The minimum Gasteiger partial charge on any atom is -0.321 e. The Labute approximate surface area is 130 Å². The number of nitrogens with zero attached hydrogens (tertiary/aromatic N) is 2. The highest BCUT2D eigenvalue weighted by molar-refractivity contribution is 7.12. The number of thiophene rings is 1. The average molecular weight is 313 g/mol. The summed E-state index contributed by atoms with van der Waals surface area (Å²) in [6, 6.07) is 11.1. The molecule has 1 N–H and O–H groups in total. The third-order valence-electron chi connectivity index (χ3n) is 2.73. The summed E-state index contributed by atoms with van der Waals surface area (Å²) >= 11 is 1.46. The summed E-state index contributed by atoms with van der Waals surface area (Å²) < 4.78 is 0. The molecule has 0 radical (unpaired) electrons. The highest BCUT2D eigenvalue weighted by Gasteiger charge is 2.12. The lowest BCUT2D eigenvalue weighted by atomic mass is 10.2. The van der Waals surface area contributed by atoms with Crippen molar-refractivity contribution in [3.8, 4) is 6.07 Å². The second kappa shape index (κ2) is 6.65. The van der Waals surface area contributed by atoms with Crippen LogP contribution in [-0.2, 0) is 4.79 Å². The summed E-state index contributed by atoms with van der Waals surface area (Å²) in [5.41, 5.74) is 0.0743. The number of nitriles is 1. The van der Waals surface area contributed by atoms with Crippen LogP contribution in [0, 0.1) is 28.4 Å². The molecule has 1 aromatic heterocycles. The number of carbonyl (C=O) groups excluding carboxylic acids is 1. The lowest BCUT2D eigenvalue weighted by Gasteiger charge is -2.03. The van der Waals surface area contributed by atoms with Crippen LogP contribution in [0.3, 0.4) is 0 Å². The van der Waals surface area contributed by atoms with Gasteiger partial charge in [0.05, 0.1) is 4.92 Å². The van der Waals surface area contributed by atoms with Crippen molar-refractivity contribution in [1.82, 2.24) is 0 Å². The highest BCUT2D eigenvalue weighted by atomic mass is 32.1. The first-order valence-electron chi connectivity index (χ1n) is 6.23. The predicted octanol–water partition coefficient (Wildman–Crippen LogP) is 3.51. The van der Waals surface area contributed by atoms with Crippen LogP contribution in [0.2, 0.25) is 0 Å². The van der Waals surface area contributed by atoms with Crippen LogP contribution in [0.4, 0.5) is 11.4 Å². The third kappa shape index (κ3) is 3.77. The van der Waals surface area contributed by atoms with Gasteiger partial charge in [-0.2, -0.15) is 5.26 Å². The Bertz CT molecular complexity index is 802. The van der Waals surface area contributed by atoms with Gasteiger partial charge < -0.3 is 5.32 Å². The number of benzene rings is 1. The Morgan fingerprint density at radius 1 is 1.41 bits per heavy atom. The van der Waals surface area contributed by atoms with E-state index in [0.29, 0.717) is 0 Å².